The van der Waals surface area contributed by atoms with E-state index < -0.39 is 11.7 Å². The maximum Gasteiger partial charge on any atom is 0.416 e. The third-order valence-electron chi connectivity index (χ3n) is 4.95. The van der Waals surface area contributed by atoms with Gasteiger partial charge in [-0.15, -0.1) is 0 Å². The number of hydrogen-bond acceptors (Lipinski definition) is 3. The number of aromatic nitrogens is 2. The van der Waals surface area contributed by atoms with Gasteiger partial charge in [-0.3, -0.25) is 10.1 Å². The molecule has 0 bridgehead atoms. The fourth-order valence-corrected chi connectivity index (χ4v) is 4.47. The zero-order valence-corrected chi connectivity index (χ0v) is 18.4. The summed E-state index contributed by atoms with van der Waals surface area (Å²) in [4.78, 5) is 17.5. The Hall–Kier alpha value is -3.13. The first kappa shape index (κ1) is 22.1. The van der Waals surface area contributed by atoms with E-state index in [4.69, 9.17) is 0 Å². The smallest absolute Gasteiger partial charge is 0.339 e. The molecule has 0 saturated carbocycles. The van der Waals surface area contributed by atoms with E-state index >= 15 is 0 Å². The maximum atomic E-state index is 13.1. The molecule has 2 heterocycles. The van der Waals surface area contributed by atoms with Crippen molar-refractivity contribution in [1.82, 2.24) is 9.55 Å². The number of anilines is 1. The van der Waals surface area contributed by atoms with E-state index in [2.05, 4.69) is 24.1 Å². The van der Waals surface area contributed by atoms with E-state index in [9.17, 15) is 18.0 Å². The van der Waals surface area contributed by atoms with Gasteiger partial charge < -0.3 is 4.57 Å². The minimum atomic E-state index is -4.41. The van der Waals surface area contributed by atoms with Crippen molar-refractivity contribution in [3.8, 4) is 0 Å². The van der Waals surface area contributed by atoms with Gasteiger partial charge >= 0.3 is 6.18 Å². The molecular weight excluding hydrogens is 435 g/mol. The van der Waals surface area contributed by atoms with Crippen LogP contribution in [0.4, 0.5) is 18.3 Å². The molecule has 4 aromatic rings. The van der Waals surface area contributed by atoms with Gasteiger partial charge in [-0.2, -0.15) is 13.2 Å². The number of carbonyl (C=O) groups is 1. The van der Waals surface area contributed by atoms with Crippen LogP contribution in [-0.2, 0) is 19.1 Å². The largest absolute Gasteiger partial charge is 0.416 e. The lowest BCUT2D eigenvalue weighted by molar-refractivity contribution is -0.137. The number of para-hydroxylation sites is 1. The van der Waals surface area contributed by atoms with E-state index in [1.807, 2.05) is 30.5 Å². The predicted molar refractivity (Wildman–Crippen MR) is 121 cm³/mol. The first-order valence-electron chi connectivity index (χ1n) is 10.2. The second-order valence-electron chi connectivity index (χ2n) is 8.10. The number of nitrogens with zero attached hydrogens (tertiary/aromatic N) is 2. The van der Waals surface area contributed by atoms with Crippen LogP contribution in [0.1, 0.15) is 41.0 Å². The van der Waals surface area contributed by atoms with Crippen LogP contribution in [0.15, 0.2) is 60.8 Å². The van der Waals surface area contributed by atoms with Crippen molar-refractivity contribution in [3.63, 3.8) is 0 Å². The first-order chi connectivity index (χ1) is 15.2. The Balaban J connectivity index is 1.63. The molecule has 4 nitrogen and oxygen atoms in total. The Morgan fingerprint density at radius 1 is 1.09 bits per heavy atom. The van der Waals surface area contributed by atoms with Crippen molar-refractivity contribution in [2.75, 3.05) is 5.32 Å². The lowest BCUT2D eigenvalue weighted by Gasteiger charge is -2.11. The highest BCUT2D eigenvalue weighted by Gasteiger charge is 2.30. The molecular formula is C24H22F3N3OS. The number of carbonyl (C=O) groups excluding carboxylic acids is 1. The monoisotopic (exact) mass is 457 g/mol. The summed E-state index contributed by atoms with van der Waals surface area (Å²) in [6, 6.07) is 14.6. The van der Waals surface area contributed by atoms with Crippen LogP contribution >= 0.6 is 11.3 Å². The number of amides is 1. The molecule has 0 saturated heterocycles. The second kappa shape index (κ2) is 8.78. The van der Waals surface area contributed by atoms with Gasteiger partial charge in [0, 0.05) is 12.7 Å². The zero-order valence-electron chi connectivity index (χ0n) is 17.6. The van der Waals surface area contributed by atoms with E-state index in [-0.39, 0.29) is 12.5 Å². The van der Waals surface area contributed by atoms with Crippen LogP contribution in [0, 0.1) is 5.92 Å². The van der Waals surface area contributed by atoms with Crippen molar-refractivity contribution < 1.29 is 18.0 Å². The fourth-order valence-electron chi connectivity index (χ4n) is 3.60. The second-order valence-corrected chi connectivity index (χ2v) is 9.13. The Bertz CT molecular complexity index is 1220. The number of fused-ring (bicyclic) bond motifs is 1. The molecule has 4 rings (SSSR count). The molecule has 0 fully saturated rings. The molecule has 0 spiro atoms. The molecule has 0 unspecified atom stereocenters. The number of halogens is 3. The van der Waals surface area contributed by atoms with Crippen molar-refractivity contribution in [2.45, 2.75) is 33.0 Å². The lowest BCUT2D eigenvalue weighted by Crippen LogP contribution is -2.17. The van der Waals surface area contributed by atoms with E-state index in [0.717, 1.165) is 34.3 Å². The molecule has 32 heavy (non-hydrogen) atoms. The van der Waals surface area contributed by atoms with E-state index in [1.165, 1.54) is 17.4 Å². The topological polar surface area (TPSA) is 46.9 Å². The molecule has 8 heteroatoms. The maximum absolute atomic E-state index is 13.1. The van der Waals surface area contributed by atoms with Gasteiger partial charge in [0.25, 0.3) is 5.91 Å². The fraction of sp³-hybridized carbons (Fsp3) is 0.250. The summed E-state index contributed by atoms with van der Waals surface area (Å²) in [5.74, 6) is 0.0330. The molecule has 2 aromatic heterocycles. The quantitative estimate of drug-likeness (QED) is 0.354. The minimum Gasteiger partial charge on any atom is -0.339 e. The first-order valence-corrected chi connectivity index (χ1v) is 11.0. The zero-order chi connectivity index (χ0) is 22.9. The standard InChI is InChI=1S/C24H22F3N3OS/c1-15(2)10-17-12-20(22(31)29-23-28-19-8-3-4-9-21(19)32-23)30(14-17)13-16-6-5-7-18(11-16)24(25,26)27/h3-9,11-12,14-15H,10,13H2,1-2H3,(H,28,29,31). The average Bonchev–Trinajstić information content (AvgIpc) is 3.30. The normalized spacial score (nSPS) is 11.9. The summed E-state index contributed by atoms with van der Waals surface area (Å²) in [6.07, 6.45) is -1.81. The van der Waals surface area contributed by atoms with Gasteiger partial charge in [-0.25, -0.2) is 4.98 Å². The van der Waals surface area contributed by atoms with Crippen molar-refractivity contribution in [1.29, 1.82) is 0 Å². The number of benzene rings is 2. The van der Waals surface area contributed by atoms with Gasteiger partial charge in [0.1, 0.15) is 5.69 Å². The van der Waals surface area contributed by atoms with Gasteiger partial charge in [-0.1, -0.05) is 49.4 Å². The number of alkyl halides is 3. The highest BCUT2D eigenvalue weighted by atomic mass is 32.1. The van der Waals surface area contributed by atoms with E-state index in [1.54, 1.807) is 16.7 Å². The summed E-state index contributed by atoms with van der Waals surface area (Å²) >= 11 is 1.37. The summed E-state index contributed by atoms with van der Waals surface area (Å²) in [7, 11) is 0. The molecule has 0 radical (unpaired) electrons. The third-order valence-corrected chi connectivity index (χ3v) is 5.90. The Labute approximate surface area is 187 Å². The SMILES string of the molecule is CC(C)Cc1cc(C(=O)Nc2nc3ccccc3s2)n(Cc2cccc(C(F)(F)F)c2)c1. The summed E-state index contributed by atoms with van der Waals surface area (Å²) in [6.45, 7) is 4.31. The van der Waals surface area contributed by atoms with Crippen molar-refractivity contribution in [2.24, 2.45) is 5.92 Å². The Morgan fingerprint density at radius 2 is 1.88 bits per heavy atom. The molecule has 2 aromatic carbocycles. The predicted octanol–water partition coefficient (Wildman–Crippen LogP) is 6.62. The van der Waals surface area contributed by atoms with Gasteiger partial charge in [0.15, 0.2) is 5.13 Å². The van der Waals surface area contributed by atoms with Crippen LogP contribution in [0.25, 0.3) is 10.2 Å². The molecule has 0 aliphatic rings. The Morgan fingerprint density at radius 3 is 2.59 bits per heavy atom. The van der Waals surface area contributed by atoms with Crippen LogP contribution < -0.4 is 5.32 Å². The molecule has 0 aliphatic carbocycles. The molecule has 1 N–H and O–H groups in total. The number of nitrogens with one attached hydrogen (secondary N) is 1. The summed E-state index contributed by atoms with van der Waals surface area (Å²) in [5, 5.41) is 3.32. The van der Waals surface area contributed by atoms with Crippen LogP contribution in [0.5, 0.6) is 0 Å². The minimum absolute atomic E-state index is 0.157. The summed E-state index contributed by atoms with van der Waals surface area (Å²) in [5.41, 5.74) is 1.91. The van der Waals surface area contributed by atoms with E-state index in [0.29, 0.717) is 22.3 Å². The highest BCUT2D eigenvalue weighted by Crippen LogP contribution is 2.30. The van der Waals surface area contributed by atoms with Gasteiger partial charge in [-0.05, 0) is 53.8 Å². The molecule has 1 amide bonds. The molecule has 0 aliphatic heterocycles. The number of hydrogen-bond donors (Lipinski definition) is 1. The summed E-state index contributed by atoms with van der Waals surface area (Å²) < 4.78 is 42.0. The van der Waals surface area contributed by atoms with Crippen LogP contribution in [0.2, 0.25) is 0 Å². The van der Waals surface area contributed by atoms with Crippen molar-refractivity contribution in [3.05, 3.63) is 83.2 Å². The molecule has 0 atom stereocenters. The van der Waals surface area contributed by atoms with Crippen molar-refractivity contribution >= 4 is 32.6 Å². The molecule has 166 valence electrons. The third kappa shape index (κ3) is 5.02. The Kier molecular flexibility index (Phi) is 6.06. The number of thiazole rings is 1. The van der Waals surface area contributed by atoms with Gasteiger partial charge in [0.05, 0.1) is 15.8 Å². The lowest BCUT2D eigenvalue weighted by atomic mass is 10.1. The number of rotatable bonds is 6. The highest BCUT2D eigenvalue weighted by molar-refractivity contribution is 7.22. The van der Waals surface area contributed by atoms with Crippen LogP contribution in [-0.4, -0.2) is 15.5 Å². The average molecular weight is 458 g/mol. The van der Waals surface area contributed by atoms with Crippen LogP contribution in [0.3, 0.4) is 0 Å². The van der Waals surface area contributed by atoms with Gasteiger partial charge in [0.2, 0.25) is 0 Å².